The van der Waals surface area contributed by atoms with E-state index in [1.54, 1.807) is 18.3 Å². The van der Waals surface area contributed by atoms with E-state index in [9.17, 15) is 4.79 Å². The number of carbonyl (C=O) groups is 1. The van der Waals surface area contributed by atoms with Gasteiger partial charge in [0.15, 0.2) is 0 Å². The minimum atomic E-state index is -0.146. The Hall–Kier alpha value is -3.33. The minimum absolute atomic E-state index is 0.146. The van der Waals surface area contributed by atoms with Crippen molar-refractivity contribution < 1.29 is 4.79 Å². The lowest BCUT2D eigenvalue weighted by molar-refractivity contribution is 0.106. The number of ketones is 1. The van der Waals surface area contributed by atoms with Crippen LogP contribution in [-0.4, -0.2) is 17.7 Å². The molecule has 0 aliphatic carbocycles. The monoisotopic (exact) mass is 312 g/mol. The molecule has 0 unspecified atom stereocenters. The SMILES string of the molecule is O=C(C(=NN=Cc1ccccc1)c1ccccc1)c1ccccc1. The summed E-state index contributed by atoms with van der Waals surface area (Å²) in [7, 11) is 0. The van der Waals surface area contributed by atoms with Gasteiger partial charge in [-0.15, -0.1) is 5.10 Å². The van der Waals surface area contributed by atoms with E-state index < -0.39 is 0 Å². The second-order valence-corrected chi connectivity index (χ2v) is 5.17. The molecule has 0 fully saturated rings. The fourth-order valence-corrected chi connectivity index (χ4v) is 2.25. The van der Waals surface area contributed by atoms with Crippen LogP contribution in [0.15, 0.2) is 101 Å². The molecule has 24 heavy (non-hydrogen) atoms. The summed E-state index contributed by atoms with van der Waals surface area (Å²) in [6.07, 6.45) is 1.64. The predicted octanol–water partition coefficient (Wildman–Crippen LogP) is 4.39. The maximum Gasteiger partial charge on any atom is 0.213 e. The zero-order valence-corrected chi connectivity index (χ0v) is 13.0. The summed E-state index contributed by atoms with van der Waals surface area (Å²) in [6.45, 7) is 0. The van der Waals surface area contributed by atoms with Gasteiger partial charge in [0.2, 0.25) is 5.78 Å². The fourth-order valence-electron chi connectivity index (χ4n) is 2.25. The molecule has 0 amide bonds. The zero-order valence-electron chi connectivity index (χ0n) is 13.0. The standard InChI is InChI=1S/C21H16N2O/c24-21(19-14-8-3-9-15-19)20(18-12-6-2-7-13-18)23-22-16-17-10-4-1-5-11-17/h1-16H. The van der Waals surface area contributed by atoms with Gasteiger partial charge in [0, 0.05) is 11.1 Å². The molecule has 3 heteroatoms. The van der Waals surface area contributed by atoms with E-state index in [2.05, 4.69) is 10.2 Å². The van der Waals surface area contributed by atoms with Gasteiger partial charge < -0.3 is 0 Å². The van der Waals surface area contributed by atoms with Gasteiger partial charge in [-0.05, 0) is 5.56 Å². The molecule has 0 radical (unpaired) electrons. The van der Waals surface area contributed by atoms with Crippen molar-refractivity contribution in [3.8, 4) is 0 Å². The Morgan fingerprint density at radius 3 is 1.75 bits per heavy atom. The lowest BCUT2D eigenvalue weighted by Crippen LogP contribution is -2.15. The molecule has 0 aliphatic heterocycles. The Morgan fingerprint density at radius 2 is 1.17 bits per heavy atom. The summed E-state index contributed by atoms with van der Waals surface area (Å²) in [5, 5.41) is 8.31. The largest absolute Gasteiger partial charge is 0.287 e. The first-order valence-corrected chi connectivity index (χ1v) is 7.66. The molecule has 0 aliphatic rings. The Kier molecular flexibility index (Phi) is 5.05. The number of benzene rings is 3. The minimum Gasteiger partial charge on any atom is -0.287 e. The fraction of sp³-hybridized carbons (Fsp3) is 0. The van der Waals surface area contributed by atoms with Gasteiger partial charge in [0.1, 0.15) is 5.71 Å². The van der Waals surface area contributed by atoms with E-state index in [0.717, 1.165) is 11.1 Å². The molecule has 3 rings (SSSR count). The summed E-state index contributed by atoms with van der Waals surface area (Å²) in [5.41, 5.74) is 2.60. The van der Waals surface area contributed by atoms with E-state index >= 15 is 0 Å². The number of nitrogens with zero attached hydrogens (tertiary/aromatic N) is 2. The first kappa shape index (κ1) is 15.6. The third-order valence-corrected chi connectivity index (χ3v) is 3.46. The smallest absolute Gasteiger partial charge is 0.213 e. The molecule has 0 saturated heterocycles. The normalized spacial score (nSPS) is 11.6. The van der Waals surface area contributed by atoms with Crippen LogP contribution in [0.25, 0.3) is 0 Å². The van der Waals surface area contributed by atoms with Crippen LogP contribution in [0.1, 0.15) is 21.5 Å². The molecule has 3 aromatic rings. The number of rotatable bonds is 5. The Bertz CT molecular complexity index is 854. The van der Waals surface area contributed by atoms with Gasteiger partial charge in [-0.1, -0.05) is 91.0 Å². The Balaban J connectivity index is 1.95. The molecular formula is C21H16N2O. The lowest BCUT2D eigenvalue weighted by Gasteiger charge is -2.04. The van der Waals surface area contributed by atoms with Crippen molar-refractivity contribution in [2.45, 2.75) is 0 Å². The number of Topliss-reactive ketones (excluding diaryl/α,β-unsaturated/α-hetero) is 1. The van der Waals surface area contributed by atoms with Crippen molar-refractivity contribution in [3.05, 3.63) is 108 Å². The summed E-state index contributed by atoms with van der Waals surface area (Å²) in [5.74, 6) is -0.146. The lowest BCUT2D eigenvalue weighted by atomic mass is 10.0. The van der Waals surface area contributed by atoms with E-state index in [1.807, 2.05) is 78.9 Å². The maximum atomic E-state index is 12.8. The first-order valence-electron chi connectivity index (χ1n) is 7.66. The van der Waals surface area contributed by atoms with E-state index in [4.69, 9.17) is 0 Å². The summed E-state index contributed by atoms with van der Waals surface area (Å²) >= 11 is 0. The molecule has 0 saturated carbocycles. The van der Waals surface area contributed by atoms with Crippen LogP contribution in [0.5, 0.6) is 0 Å². The third kappa shape index (κ3) is 3.90. The quantitative estimate of drug-likeness (QED) is 0.391. The van der Waals surface area contributed by atoms with Gasteiger partial charge in [-0.25, -0.2) is 0 Å². The van der Waals surface area contributed by atoms with Crippen LogP contribution < -0.4 is 0 Å². The summed E-state index contributed by atoms with van der Waals surface area (Å²) in [4.78, 5) is 12.8. The maximum absolute atomic E-state index is 12.8. The zero-order chi connectivity index (χ0) is 16.6. The third-order valence-electron chi connectivity index (χ3n) is 3.46. The molecule has 0 aromatic heterocycles. The molecule has 0 atom stereocenters. The van der Waals surface area contributed by atoms with Crippen LogP contribution in [0.3, 0.4) is 0 Å². The van der Waals surface area contributed by atoms with Gasteiger partial charge in [0.25, 0.3) is 0 Å². The summed E-state index contributed by atoms with van der Waals surface area (Å²) < 4.78 is 0. The van der Waals surface area contributed by atoms with E-state index in [-0.39, 0.29) is 5.78 Å². The molecular weight excluding hydrogens is 296 g/mol. The van der Waals surface area contributed by atoms with Crippen LogP contribution in [0.4, 0.5) is 0 Å². The highest BCUT2D eigenvalue weighted by molar-refractivity contribution is 6.51. The van der Waals surface area contributed by atoms with Crippen LogP contribution >= 0.6 is 0 Å². The summed E-state index contributed by atoms with van der Waals surface area (Å²) in [6, 6.07) is 28.1. The highest BCUT2D eigenvalue weighted by Crippen LogP contribution is 2.09. The van der Waals surface area contributed by atoms with Crippen molar-refractivity contribution in [2.24, 2.45) is 10.2 Å². The average Bonchev–Trinajstić information content (AvgIpc) is 2.67. The average molecular weight is 312 g/mol. The van der Waals surface area contributed by atoms with E-state index in [0.29, 0.717) is 11.3 Å². The Morgan fingerprint density at radius 1 is 0.667 bits per heavy atom. The number of hydrogen-bond acceptors (Lipinski definition) is 3. The number of carbonyl (C=O) groups excluding carboxylic acids is 1. The van der Waals surface area contributed by atoms with Crippen LogP contribution in [0, 0.1) is 0 Å². The molecule has 0 heterocycles. The molecule has 3 nitrogen and oxygen atoms in total. The highest BCUT2D eigenvalue weighted by atomic mass is 16.1. The topological polar surface area (TPSA) is 41.8 Å². The van der Waals surface area contributed by atoms with E-state index in [1.165, 1.54) is 0 Å². The molecule has 0 bridgehead atoms. The van der Waals surface area contributed by atoms with Gasteiger partial charge in [-0.2, -0.15) is 5.10 Å². The first-order chi connectivity index (χ1) is 11.8. The van der Waals surface area contributed by atoms with Gasteiger partial charge in [0.05, 0.1) is 6.21 Å². The van der Waals surface area contributed by atoms with Gasteiger partial charge >= 0.3 is 0 Å². The molecule has 116 valence electrons. The van der Waals surface area contributed by atoms with Crippen LogP contribution in [0.2, 0.25) is 0 Å². The van der Waals surface area contributed by atoms with Crippen molar-refractivity contribution in [1.82, 2.24) is 0 Å². The van der Waals surface area contributed by atoms with Crippen molar-refractivity contribution in [2.75, 3.05) is 0 Å². The number of hydrogen-bond donors (Lipinski definition) is 0. The molecule has 3 aromatic carbocycles. The van der Waals surface area contributed by atoms with Gasteiger partial charge in [-0.3, -0.25) is 4.79 Å². The predicted molar refractivity (Wildman–Crippen MR) is 97.8 cm³/mol. The Labute approximate surface area is 141 Å². The second-order valence-electron chi connectivity index (χ2n) is 5.17. The molecule has 0 N–H and O–H groups in total. The van der Waals surface area contributed by atoms with Crippen molar-refractivity contribution in [1.29, 1.82) is 0 Å². The highest BCUT2D eigenvalue weighted by Gasteiger charge is 2.15. The van der Waals surface area contributed by atoms with Crippen molar-refractivity contribution >= 4 is 17.7 Å². The second kappa shape index (κ2) is 7.79. The van der Waals surface area contributed by atoms with Crippen molar-refractivity contribution in [3.63, 3.8) is 0 Å². The van der Waals surface area contributed by atoms with Crippen LogP contribution in [-0.2, 0) is 0 Å². The molecule has 0 spiro atoms.